The number of thiophene rings is 1. The summed E-state index contributed by atoms with van der Waals surface area (Å²) in [4.78, 5) is 12.4. The number of fused-ring (bicyclic) bond motifs is 1. The van der Waals surface area contributed by atoms with E-state index in [0.717, 1.165) is 10.1 Å². The van der Waals surface area contributed by atoms with Crippen molar-refractivity contribution in [3.8, 4) is 0 Å². The second kappa shape index (κ2) is 5.07. The van der Waals surface area contributed by atoms with Gasteiger partial charge in [-0.3, -0.25) is 0 Å². The lowest BCUT2D eigenvalue weighted by Crippen LogP contribution is -2.03. The topological polar surface area (TPSA) is 39.4 Å². The molecule has 0 N–H and O–H groups in total. The summed E-state index contributed by atoms with van der Waals surface area (Å²) in [6, 6.07) is 11.1. The molecule has 0 aliphatic heterocycles. The van der Waals surface area contributed by atoms with Gasteiger partial charge < -0.3 is 9.15 Å². The van der Waals surface area contributed by atoms with Crippen LogP contribution in [0.2, 0.25) is 5.02 Å². The van der Waals surface area contributed by atoms with Crippen molar-refractivity contribution in [1.29, 1.82) is 0 Å². The van der Waals surface area contributed by atoms with Gasteiger partial charge in [0.05, 0.1) is 11.3 Å². The van der Waals surface area contributed by atoms with Crippen molar-refractivity contribution < 1.29 is 13.9 Å². The zero-order valence-electron chi connectivity index (χ0n) is 9.76. The highest BCUT2D eigenvalue weighted by atomic mass is 35.5. The Morgan fingerprint density at radius 2 is 2.11 bits per heavy atom. The lowest BCUT2D eigenvalue weighted by Gasteiger charge is -2.00. The molecular formula is C14H9ClO3S. The SMILES string of the molecule is O=C(OCc1ccco1)c1sc2ccccc2c1Cl. The van der Waals surface area contributed by atoms with Crippen LogP contribution in [0.15, 0.2) is 47.1 Å². The van der Waals surface area contributed by atoms with Gasteiger partial charge in [-0.05, 0) is 18.2 Å². The van der Waals surface area contributed by atoms with E-state index in [1.807, 2.05) is 24.3 Å². The van der Waals surface area contributed by atoms with Crippen LogP contribution in [0.3, 0.4) is 0 Å². The van der Waals surface area contributed by atoms with Crippen molar-refractivity contribution in [2.24, 2.45) is 0 Å². The molecule has 0 aliphatic carbocycles. The quantitative estimate of drug-likeness (QED) is 0.667. The molecule has 2 aromatic heterocycles. The van der Waals surface area contributed by atoms with Crippen LogP contribution in [0, 0.1) is 0 Å². The minimum Gasteiger partial charge on any atom is -0.466 e. The minimum atomic E-state index is -0.428. The van der Waals surface area contributed by atoms with Crippen LogP contribution in [-0.2, 0) is 11.3 Å². The van der Waals surface area contributed by atoms with Crippen LogP contribution < -0.4 is 0 Å². The number of ether oxygens (including phenoxy) is 1. The molecule has 0 radical (unpaired) electrons. The molecule has 0 aliphatic rings. The predicted octanol–water partition coefficient (Wildman–Crippen LogP) is 4.50. The summed E-state index contributed by atoms with van der Waals surface area (Å²) < 4.78 is 11.2. The van der Waals surface area contributed by atoms with Crippen molar-refractivity contribution in [1.82, 2.24) is 0 Å². The summed E-state index contributed by atoms with van der Waals surface area (Å²) in [5.74, 6) is 0.174. The van der Waals surface area contributed by atoms with Gasteiger partial charge in [0, 0.05) is 10.1 Å². The van der Waals surface area contributed by atoms with E-state index >= 15 is 0 Å². The third kappa shape index (κ3) is 2.37. The Kier molecular flexibility index (Phi) is 3.27. The first-order chi connectivity index (χ1) is 9.25. The number of carbonyl (C=O) groups excluding carboxylic acids is 1. The van der Waals surface area contributed by atoms with Crippen LogP contribution in [0.25, 0.3) is 10.1 Å². The molecule has 1 aromatic carbocycles. The first kappa shape index (κ1) is 12.3. The Balaban J connectivity index is 1.83. The number of rotatable bonds is 3. The maximum atomic E-state index is 12.0. The Hall–Kier alpha value is -1.78. The minimum absolute atomic E-state index is 0.108. The molecule has 96 valence electrons. The van der Waals surface area contributed by atoms with Crippen molar-refractivity contribution in [3.05, 3.63) is 58.3 Å². The number of hydrogen-bond acceptors (Lipinski definition) is 4. The molecule has 19 heavy (non-hydrogen) atoms. The van der Waals surface area contributed by atoms with Crippen molar-refractivity contribution in [2.45, 2.75) is 6.61 Å². The smallest absolute Gasteiger partial charge is 0.350 e. The van der Waals surface area contributed by atoms with Crippen molar-refractivity contribution >= 4 is 39.0 Å². The monoisotopic (exact) mass is 292 g/mol. The third-order valence-corrected chi connectivity index (χ3v) is 4.30. The standard InChI is InChI=1S/C14H9ClO3S/c15-12-10-5-1-2-6-11(10)19-13(12)14(16)18-8-9-4-3-7-17-9/h1-7H,8H2. The molecule has 2 heterocycles. The molecule has 0 saturated carbocycles. The van der Waals surface area contributed by atoms with Gasteiger partial charge in [0.2, 0.25) is 0 Å². The summed E-state index contributed by atoms with van der Waals surface area (Å²) in [6.45, 7) is 0.108. The van der Waals surface area contributed by atoms with Gasteiger partial charge in [0.15, 0.2) is 0 Å². The fourth-order valence-corrected chi connectivity index (χ4v) is 3.14. The van der Waals surface area contributed by atoms with Crippen LogP contribution in [-0.4, -0.2) is 5.97 Å². The largest absolute Gasteiger partial charge is 0.466 e. The fraction of sp³-hybridized carbons (Fsp3) is 0.0714. The lowest BCUT2D eigenvalue weighted by atomic mass is 10.2. The van der Waals surface area contributed by atoms with E-state index in [4.69, 9.17) is 20.8 Å². The van der Waals surface area contributed by atoms with Gasteiger partial charge in [-0.2, -0.15) is 0 Å². The molecule has 3 rings (SSSR count). The normalized spacial score (nSPS) is 10.8. The fourth-order valence-electron chi connectivity index (χ4n) is 1.74. The molecule has 0 spiro atoms. The van der Waals surface area contributed by atoms with E-state index in [2.05, 4.69) is 0 Å². The third-order valence-electron chi connectivity index (χ3n) is 2.65. The number of hydrogen-bond donors (Lipinski definition) is 0. The molecule has 5 heteroatoms. The van der Waals surface area contributed by atoms with Gasteiger partial charge >= 0.3 is 5.97 Å². The summed E-state index contributed by atoms with van der Waals surface area (Å²) >= 11 is 7.53. The average Bonchev–Trinajstić information content (AvgIpc) is 3.05. The zero-order valence-corrected chi connectivity index (χ0v) is 11.3. The second-order valence-corrected chi connectivity index (χ2v) is 5.33. The van der Waals surface area contributed by atoms with Crippen molar-refractivity contribution in [2.75, 3.05) is 0 Å². The Morgan fingerprint density at radius 1 is 1.26 bits per heavy atom. The van der Waals surface area contributed by atoms with Crippen LogP contribution in [0.4, 0.5) is 0 Å². The van der Waals surface area contributed by atoms with Gasteiger partial charge in [0.25, 0.3) is 0 Å². The first-order valence-corrected chi connectivity index (χ1v) is 6.81. The Morgan fingerprint density at radius 3 is 2.84 bits per heavy atom. The highest BCUT2D eigenvalue weighted by molar-refractivity contribution is 7.21. The van der Waals surface area contributed by atoms with Gasteiger partial charge in [-0.25, -0.2) is 4.79 Å². The van der Waals surface area contributed by atoms with Crippen molar-refractivity contribution in [3.63, 3.8) is 0 Å². The highest BCUT2D eigenvalue weighted by Gasteiger charge is 2.18. The number of benzene rings is 1. The van der Waals surface area contributed by atoms with E-state index in [-0.39, 0.29) is 6.61 Å². The second-order valence-electron chi connectivity index (χ2n) is 3.90. The number of furan rings is 1. The summed E-state index contributed by atoms with van der Waals surface area (Å²) in [6.07, 6.45) is 1.54. The molecular weight excluding hydrogens is 284 g/mol. The summed E-state index contributed by atoms with van der Waals surface area (Å²) in [7, 11) is 0. The van der Waals surface area contributed by atoms with Gasteiger partial charge in [-0.1, -0.05) is 29.8 Å². The maximum absolute atomic E-state index is 12.0. The molecule has 0 unspecified atom stereocenters. The molecule has 0 saturated heterocycles. The molecule has 0 fully saturated rings. The molecule has 3 aromatic rings. The van der Waals surface area contributed by atoms with E-state index in [1.54, 1.807) is 12.1 Å². The average molecular weight is 293 g/mol. The summed E-state index contributed by atoms with van der Waals surface area (Å²) in [5.41, 5.74) is 0. The molecule has 0 atom stereocenters. The van der Waals surface area contributed by atoms with E-state index in [0.29, 0.717) is 15.7 Å². The van der Waals surface area contributed by atoms with Gasteiger partial charge in [0.1, 0.15) is 17.2 Å². The lowest BCUT2D eigenvalue weighted by molar-refractivity contribution is 0.0451. The van der Waals surface area contributed by atoms with Crippen LogP contribution in [0.5, 0.6) is 0 Å². The summed E-state index contributed by atoms with van der Waals surface area (Å²) in [5, 5.41) is 1.32. The number of esters is 1. The zero-order chi connectivity index (χ0) is 13.2. The van der Waals surface area contributed by atoms with Gasteiger partial charge in [-0.15, -0.1) is 11.3 Å². The highest BCUT2D eigenvalue weighted by Crippen LogP contribution is 2.35. The number of carbonyl (C=O) groups is 1. The van der Waals surface area contributed by atoms with E-state index < -0.39 is 5.97 Å². The Bertz CT molecular complexity index is 715. The van der Waals surface area contributed by atoms with E-state index in [9.17, 15) is 4.79 Å². The maximum Gasteiger partial charge on any atom is 0.350 e. The Labute approximate surface area is 118 Å². The first-order valence-electron chi connectivity index (χ1n) is 5.62. The van der Waals surface area contributed by atoms with E-state index in [1.165, 1.54) is 17.6 Å². The molecule has 0 bridgehead atoms. The molecule has 3 nitrogen and oxygen atoms in total. The predicted molar refractivity (Wildman–Crippen MR) is 74.7 cm³/mol. The molecule has 0 amide bonds. The van der Waals surface area contributed by atoms with Crippen LogP contribution >= 0.6 is 22.9 Å². The van der Waals surface area contributed by atoms with Crippen LogP contribution in [0.1, 0.15) is 15.4 Å². The number of halogens is 1.